The molecule has 2 N–H and O–H groups in total. The van der Waals surface area contributed by atoms with E-state index in [0.717, 1.165) is 6.54 Å². The van der Waals surface area contributed by atoms with Gasteiger partial charge in [-0.25, -0.2) is 0 Å². The monoisotopic (exact) mass is 194 g/mol. The number of unbranched alkanes of at least 4 members (excludes halogenated alkanes) is 1. The van der Waals surface area contributed by atoms with Gasteiger partial charge >= 0.3 is 0 Å². The summed E-state index contributed by atoms with van der Waals surface area (Å²) in [6.45, 7) is 4.40. The van der Waals surface area contributed by atoms with Crippen molar-refractivity contribution in [1.82, 2.24) is 0 Å². The number of benzene rings is 1. The highest BCUT2D eigenvalue weighted by Crippen LogP contribution is 2.09. The van der Waals surface area contributed by atoms with Gasteiger partial charge in [0.1, 0.15) is 12.3 Å². The predicted molar refractivity (Wildman–Crippen MR) is 58.5 cm³/mol. The topological polar surface area (TPSA) is 24.7 Å². The standard InChI is InChI=1S/C12H19NO/c1-3-4-8-13(2)10-11-6-5-7-12(14)9-11/h5-7,9,14H,3-4,8,10H2,1-2H3/p+1. The van der Waals surface area contributed by atoms with E-state index >= 15 is 0 Å². The van der Waals surface area contributed by atoms with Crippen LogP contribution in [0.4, 0.5) is 0 Å². The van der Waals surface area contributed by atoms with Gasteiger partial charge in [0.15, 0.2) is 0 Å². The maximum absolute atomic E-state index is 9.29. The molecule has 0 aliphatic carbocycles. The fraction of sp³-hybridized carbons (Fsp3) is 0.500. The number of quaternary nitrogens is 1. The van der Waals surface area contributed by atoms with Crippen LogP contribution in [0.15, 0.2) is 24.3 Å². The first-order chi connectivity index (χ1) is 6.72. The highest BCUT2D eigenvalue weighted by molar-refractivity contribution is 5.26. The van der Waals surface area contributed by atoms with Crippen molar-refractivity contribution in [3.63, 3.8) is 0 Å². The summed E-state index contributed by atoms with van der Waals surface area (Å²) in [6, 6.07) is 7.52. The molecule has 1 atom stereocenters. The van der Waals surface area contributed by atoms with E-state index in [2.05, 4.69) is 20.0 Å². The van der Waals surface area contributed by atoms with Crippen molar-refractivity contribution in [2.45, 2.75) is 26.3 Å². The molecule has 14 heavy (non-hydrogen) atoms. The Balaban J connectivity index is 2.43. The third kappa shape index (κ3) is 3.79. The van der Waals surface area contributed by atoms with Crippen LogP contribution in [0, 0.1) is 0 Å². The molecule has 0 aromatic heterocycles. The second-order valence-corrected chi connectivity index (χ2v) is 3.91. The fourth-order valence-electron chi connectivity index (χ4n) is 1.58. The smallest absolute Gasteiger partial charge is 0.116 e. The van der Waals surface area contributed by atoms with Gasteiger partial charge in [-0.05, 0) is 18.6 Å². The van der Waals surface area contributed by atoms with Gasteiger partial charge in [-0.2, -0.15) is 0 Å². The van der Waals surface area contributed by atoms with Crippen LogP contribution in [0.25, 0.3) is 0 Å². The summed E-state index contributed by atoms with van der Waals surface area (Å²) in [5, 5.41) is 9.29. The van der Waals surface area contributed by atoms with Gasteiger partial charge in [-0.3, -0.25) is 0 Å². The molecule has 78 valence electrons. The lowest BCUT2D eigenvalue weighted by Crippen LogP contribution is -3.07. The lowest BCUT2D eigenvalue weighted by molar-refractivity contribution is -0.894. The maximum Gasteiger partial charge on any atom is 0.116 e. The molecule has 0 amide bonds. The second kappa shape index (κ2) is 5.66. The van der Waals surface area contributed by atoms with Crippen LogP contribution in [0.1, 0.15) is 25.3 Å². The van der Waals surface area contributed by atoms with Gasteiger partial charge in [0, 0.05) is 5.56 Å². The average molecular weight is 194 g/mol. The first-order valence-electron chi connectivity index (χ1n) is 5.31. The first kappa shape index (κ1) is 11.1. The molecule has 2 nitrogen and oxygen atoms in total. The van der Waals surface area contributed by atoms with Crippen LogP contribution in [0.2, 0.25) is 0 Å². The van der Waals surface area contributed by atoms with Crippen molar-refractivity contribution >= 4 is 0 Å². The van der Waals surface area contributed by atoms with Gasteiger partial charge in [-0.15, -0.1) is 0 Å². The van der Waals surface area contributed by atoms with Crippen molar-refractivity contribution in [2.24, 2.45) is 0 Å². The van der Waals surface area contributed by atoms with Crippen LogP contribution >= 0.6 is 0 Å². The van der Waals surface area contributed by atoms with Gasteiger partial charge in [0.2, 0.25) is 0 Å². The minimum absolute atomic E-state index is 0.366. The Hall–Kier alpha value is -1.02. The Labute approximate surface area is 86.2 Å². The fourth-order valence-corrected chi connectivity index (χ4v) is 1.58. The molecule has 0 aliphatic heterocycles. The largest absolute Gasteiger partial charge is 0.508 e. The Morgan fingerprint density at radius 2 is 2.14 bits per heavy atom. The van der Waals surface area contributed by atoms with E-state index in [9.17, 15) is 5.11 Å². The van der Waals surface area contributed by atoms with Crippen LogP contribution < -0.4 is 4.90 Å². The zero-order valence-corrected chi connectivity index (χ0v) is 9.09. The number of rotatable bonds is 5. The Bertz CT molecular complexity index is 273. The summed E-state index contributed by atoms with van der Waals surface area (Å²) in [6.07, 6.45) is 2.52. The minimum atomic E-state index is 0.366. The van der Waals surface area contributed by atoms with E-state index < -0.39 is 0 Å². The molecule has 0 heterocycles. The van der Waals surface area contributed by atoms with Crippen LogP contribution in [0.5, 0.6) is 5.75 Å². The summed E-state index contributed by atoms with van der Waals surface area (Å²) in [5.41, 5.74) is 1.21. The molecule has 0 aliphatic rings. The third-order valence-corrected chi connectivity index (χ3v) is 2.37. The second-order valence-electron chi connectivity index (χ2n) is 3.91. The summed E-state index contributed by atoms with van der Waals surface area (Å²) in [5.74, 6) is 0.366. The molecular weight excluding hydrogens is 174 g/mol. The summed E-state index contributed by atoms with van der Waals surface area (Å²) >= 11 is 0. The van der Waals surface area contributed by atoms with E-state index in [4.69, 9.17) is 0 Å². The average Bonchev–Trinajstić information content (AvgIpc) is 2.15. The van der Waals surface area contributed by atoms with Crippen LogP contribution in [0.3, 0.4) is 0 Å². The predicted octanol–water partition coefficient (Wildman–Crippen LogP) is 1.21. The summed E-state index contributed by atoms with van der Waals surface area (Å²) in [4.78, 5) is 1.50. The molecule has 2 heteroatoms. The number of phenolic OH excluding ortho intramolecular Hbond substituents is 1. The van der Waals surface area contributed by atoms with E-state index in [0.29, 0.717) is 5.75 Å². The molecule has 0 fully saturated rings. The van der Waals surface area contributed by atoms with Crippen molar-refractivity contribution in [3.05, 3.63) is 29.8 Å². The SMILES string of the molecule is CCCC[NH+](C)Cc1cccc(O)c1. The quantitative estimate of drug-likeness (QED) is 0.723. The number of hydrogen-bond donors (Lipinski definition) is 2. The first-order valence-corrected chi connectivity index (χ1v) is 5.31. The van der Waals surface area contributed by atoms with E-state index in [1.165, 1.54) is 29.8 Å². The van der Waals surface area contributed by atoms with Gasteiger partial charge in [0.25, 0.3) is 0 Å². The Kier molecular flexibility index (Phi) is 4.47. The zero-order valence-electron chi connectivity index (χ0n) is 9.09. The molecule has 1 unspecified atom stereocenters. The van der Waals surface area contributed by atoms with Gasteiger partial charge in [0.05, 0.1) is 13.6 Å². The lowest BCUT2D eigenvalue weighted by atomic mass is 10.2. The summed E-state index contributed by atoms with van der Waals surface area (Å²) in [7, 11) is 2.19. The van der Waals surface area contributed by atoms with Crippen molar-refractivity contribution in [1.29, 1.82) is 0 Å². The highest BCUT2D eigenvalue weighted by Gasteiger charge is 2.02. The Morgan fingerprint density at radius 3 is 2.79 bits per heavy atom. The van der Waals surface area contributed by atoms with Crippen molar-refractivity contribution in [3.8, 4) is 5.75 Å². The molecule has 0 saturated heterocycles. The minimum Gasteiger partial charge on any atom is -0.508 e. The number of nitrogens with one attached hydrogen (secondary N) is 1. The third-order valence-electron chi connectivity index (χ3n) is 2.37. The lowest BCUT2D eigenvalue weighted by Gasteiger charge is -2.13. The zero-order chi connectivity index (χ0) is 10.4. The van der Waals surface area contributed by atoms with E-state index in [1.54, 1.807) is 6.07 Å². The van der Waals surface area contributed by atoms with Crippen LogP contribution in [-0.2, 0) is 6.54 Å². The van der Waals surface area contributed by atoms with Crippen LogP contribution in [-0.4, -0.2) is 18.7 Å². The molecule has 1 aromatic rings. The molecule has 1 aromatic carbocycles. The van der Waals surface area contributed by atoms with Gasteiger partial charge < -0.3 is 10.0 Å². The number of phenols is 1. The summed E-state index contributed by atoms with van der Waals surface area (Å²) < 4.78 is 0. The molecule has 0 saturated carbocycles. The molecular formula is C12H20NO+. The molecule has 1 rings (SSSR count). The van der Waals surface area contributed by atoms with Crippen molar-refractivity contribution < 1.29 is 10.0 Å². The number of hydrogen-bond acceptors (Lipinski definition) is 1. The molecule has 0 bridgehead atoms. The maximum atomic E-state index is 9.29. The Morgan fingerprint density at radius 1 is 1.36 bits per heavy atom. The highest BCUT2D eigenvalue weighted by atomic mass is 16.3. The normalized spacial score (nSPS) is 12.7. The molecule has 0 radical (unpaired) electrons. The van der Waals surface area contributed by atoms with E-state index in [-0.39, 0.29) is 0 Å². The van der Waals surface area contributed by atoms with Crippen molar-refractivity contribution in [2.75, 3.05) is 13.6 Å². The molecule has 0 spiro atoms. The van der Waals surface area contributed by atoms with Gasteiger partial charge in [-0.1, -0.05) is 25.5 Å². The number of aromatic hydroxyl groups is 1. The van der Waals surface area contributed by atoms with E-state index in [1.807, 2.05) is 12.1 Å².